The molecule has 0 radical (unpaired) electrons. The van der Waals surface area contributed by atoms with Gasteiger partial charge in [0.2, 0.25) is 0 Å². The van der Waals surface area contributed by atoms with Crippen LogP contribution in [0.25, 0.3) is 0 Å². The van der Waals surface area contributed by atoms with Crippen LogP contribution in [0.15, 0.2) is 24.3 Å². The van der Waals surface area contributed by atoms with Gasteiger partial charge in [-0.3, -0.25) is 14.4 Å². The van der Waals surface area contributed by atoms with Crippen molar-refractivity contribution >= 4 is 17.7 Å². The fraction of sp³-hybridized carbons (Fsp3) is 0.357. The summed E-state index contributed by atoms with van der Waals surface area (Å²) in [6.07, 6.45) is 0.616. The maximum absolute atomic E-state index is 11.2. The smallest absolute Gasteiger partial charge is 0.306 e. The van der Waals surface area contributed by atoms with Gasteiger partial charge >= 0.3 is 5.97 Å². The number of hydrogen-bond donors (Lipinski definition) is 1. The molecule has 0 unspecified atom stereocenters. The highest BCUT2D eigenvalue weighted by atomic mass is 16.5. The van der Waals surface area contributed by atoms with Gasteiger partial charge in [-0.2, -0.15) is 0 Å². The number of benzene rings is 1. The highest BCUT2D eigenvalue weighted by Crippen LogP contribution is 2.13. The molecule has 0 saturated carbocycles. The van der Waals surface area contributed by atoms with Crippen molar-refractivity contribution in [1.82, 2.24) is 0 Å². The molecule has 1 aromatic rings. The predicted molar refractivity (Wildman–Crippen MR) is 71.3 cm³/mol. The zero-order valence-electron chi connectivity index (χ0n) is 11.3. The first-order chi connectivity index (χ1) is 9.49. The van der Waals surface area contributed by atoms with Crippen molar-refractivity contribution in [3.63, 3.8) is 0 Å². The molecule has 0 aliphatic heterocycles. The quantitative estimate of drug-likeness (QED) is 0.436. The van der Waals surface area contributed by atoms with E-state index in [2.05, 4.69) is 4.74 Å². The van der Waals surface area contributed by atoms with Gasteiger partial charge in [0, 0.05) is 12.0 Å². The number of carbonyl (C=O) groups excluding carboxylic acids is 3. The molecule has 0 aliphatic rings. The van der Waals surface area contributed by atoms with E-state index in [9.17, 15) is 14.4 Å². The Balaban J connectivity index is 2.22. The van der Waals surface area contributed by atoms with Crippen molar-refractivity contribution < 1.29 is 23.9 Å². The van der Waals surface area contributed by atoms with E-state index in [1.54, 1.807) is 24.3 Å². The van der Waals surface area contributed by atoms with Crippen LogP contribution in [0.3, 0.4) is 0 Å². The number of Topliss-reactive ketones (excluding diaryl/α,β-unsaturated/α-hetero) is 1. The first-order valence-electron chi connectivity index (χ1n) is 6.17. The average molecular weight is 279 g/mol. The van der Waals surface area contributed by atoms with E-state index in [-0.39, 0.29) is 12.2 Å². The van der Waals surface area contributed by atoms with Crippen LogP contribution in [0.5, 0.6) is 5.75 Å². The monoisotopic (exact) mass is 279 g/mol. The molecular formula is C14H17NO5. The van der Waals surface area contributed by atoms with Crippen LogP contribution in [-0.4, -0.2) is 30.9 Å². The third-order valence-corrected chi connectivity index (χ3v) is 2.43. The van der Waals surface area contributed by atoms with Gasteiger partial charge in [0.15, 0.2) is 12.4 Å². The fourth-order valence-corrected chi connectivity index (χ4v) is 1.42. The van der Waals surface area contributed by atoms with E-state index in [1.165, 1.54) is 6.92 Å². The Bertz CT molecular complexity index is 481. The minimum Gasteiger partial charge on any atom is -0.494 e. The molecule has 1 aromatic carbocycles. The third kappa shape index (κ3) is 5.99. The van der Waals surface area contributed by atoms with E-state index in [1.807, 2.05) is 0 Å². The zero-order chi connectivity index (χ0) is 15.0. The molecule has 20 heavy (non-hydrogen) atoms. The Labute approximate surface area is 116 Å². The molecular weight excluding hydrogens is 262 g/mol. The van der Waals surface area contributed by atoms with E-state index < -0.39 is 18.5 Å². The molecule has 0 aromatic heterocycles. The Morgan fingerprint density at radius 2 is 1.80 bits per heavy atom. The highest BCUT2D eigenvalue weighted by Gasteiger charge is 2.05. The number of ether oxygens (including phenoxy) is 2. The lowest BCUT2D eigenvalue weighted by molar-refractivity contribution is -0.147. The third-order valence-electron chi connectivity index (χ3n) is 2.43. The number of rotatable bonds is 8. The largest absolute Gasteiger partial charge is 0.494 e. The SMILES string of the molecule is CC(=O)c1ccc(OCCCC(=O)OCC(N)=O)cc1. The number of primary amides is 1. The molecule has 1 amide bonds. The van der Waals surface area contributed by atoms with Crippen molar-refractivity contribution in [2.45, 2.75) is 19.8 Å². The summed E-state index contributed by atoms with van der Waals surface area (Å²) in [7, 11) is 0. The van der Waals surface area contributed by atoms with Gasteiger partial charge in [-0.15, -0.1) is 0 Å². The lowest BCUT2D eigenvalue weighted by atomic mass is 10.1. The fourth-order valence-electron chi connectivity index (χ4n) is 1.42. The van der Waals surface area contributed by atoms with Crippen molar-refractivity contribution in [2.75, 3.05) is 13.2 Å². The summed E-state index contributed by atoms with van der Waals surface area (Å²) in [5.74, 6) is -0.547. The van der Waals surface area contributed by atoms with Crippen LogP contribution in [0.1, 0.15) is 30.1 Å². The molecule has 108 valence electrons. The van der Waals surface area contributed by atoms with Crippen LogP contribution in [0.2, 0.25) is 0 Å². The van der Waals surface area contributed by atoms with Crippen LogP contribution >= 0.6 is 0 Å². The molecule has 0 saturated heterocycles. The van der Waals surface area contributed by atoms with Gasteiger partial charge in [0.1, 0.15) is 5.75 Å². The van der Waals surface area contributed by atoms with Crippen molar-refractivity contribution in [2.24, 2.45) is 5.73 Å². The van der Waals surface area contributed by atoms with Crippen LogP contribution < -0.4 is 10.5 Å². The van der Waals surface area contributed by atoms with Crippen LogP contribution in [0, 0.1) is 0 Å². The Morgan fingerprint density at radius 3 is 2.35 bits per heavy atom. The van der Waals surface area contributed by atoms with Crippen molar-refractivity contribution in [3.8, 4) is 5.75 Å². The van der Waals surface area contributed by atoms with Gasteiger partial charge in [0.05, 0.1) is 6.61 Å². The zero-order valence-corrected chi connectivity index (χ0v) is 11.3. The normalized spacial score (nSPS) is 9.85. The minimum atomic E-state index is -0.680. The maximum atomic E-state index is 11.2. The Kier molecular flexibility index (Phi) is 6.22. The predicted octanol–water partition coefficient (Wildman–Crippen LogP) is 1.08. The Morgan fingerprint density at radius 1 is 1.15 bits per heavy atom. The number of nitrogens with two attached hydrogens (primary N) is 1. The van der Waals surface area contributed by atoms with Gasteiger partial charge in [-0.05, 0) is 37.6 Å². The molecule has 0 heterocycles. The van der Waals surface area contributed by atoms with Gasteiger partial charge in [0.25, 0.3) is 5.91 Å². The second-order valence-electron chi connectivity index (χ2n) is 4.16. The molecule has 0 fully saturated rings. The highest BCUT2D eigenvalue weighted by molar-refractivity contribution is 5.94. The van der Waals surface area contributed by atoms with E-state index in [4.69, 9.17) is 10.5 Å². The molecule has 1 rings (SSSR count). The summed E-state index contributed by atoms with van der Waals surface area (Å²) in [5.41, 5.74) is 5.46. The lowest BCUT2D eigenvalue weighted by Gasteiger charge is -2.06. The Hall–Kier alpha value is -2.37. The number of carbonyl (C=O) groups is 3. The van der Waals surface area contributed by atoms with E-state index >= 15 is 0 Å². The summed E-state index contributed by atoms with van der Waals surface area (Å²) in [4.78, 5) is 32.6. The van der Waals surface area contributed by atoms with Gasteiger partial charge in [-0.1, -0.05) is 0 Å². The molecule has 0 spiro atoms. The molecule has 0 aliphatic carbocycles. The first kappa shape index (κ1) is 15.7. The topological polar surface area (TPSA) is 95.7 Å². The lowest BCUT2D eigenvalue weighted by Crippen LogP contribution is -2.21. The van der Waals surface area contributed by atoms with Crippen molar-refractivity contribution in [1.29, 1.82) is 0 Å². The van der Waals surface area contributed by atoms with E-state index in [0.29, 0.717) is 24.3 Å². The summed E-state index contributed by atoms with van der Waals surface area (Å²) >= 11 is 0. The summed E-state index contributed by atoms with van der Waals surface area (Å²) < 4.78 is 10.00. The van der Waals surface area contributed by atoms with Crippen molar-refractivity contribution in [3.05, 3.63) is 29.8 Å². The number of amides is 1. The maximum Gasteiger partial charge on any atom is 0.306 e. The average Bonchev–Trinajstić information content (AvgIpc) is 2.42. The number of hydrogen-bond acceptors (Lipinski definition) is 5. The second-order valence-corrected chi connectivity index (χ2v) is 4.16. The summed E-state index contributed by atoms with van der Waals surface area (Å²) in [6.45, 7) is 1.44. The number of ketones is 1. The molecule has 2 N–H and O–H groups in total. The van der Waals surface area contributed by atoms with E-state index in [0.717, 1.165) is 0 Å². The summed E-state index contributed by atoms with van der Waals surface area (Å²) in [5, 5.41) is 0. The standard InChI is InChI=1S/C14H17NO5/c1-10(16)11-4-6-12(7-5-11)19-8-2-3-14(18)20-9-13(15)17/h4-7H,2-3,8-9H2,1H3,(H2,15,17). The second kappa shape index (κ2) is 7.93. The van der Waals surface area contributed by atoms with Crippen LogP contribution in [-0.2, 0) is 14.3 Å². The molecule has 6 heteroatoms. The van der Waals surface area contributed by atoms with Gasteiger partial charge in [-0.25, -0.2) is 0 Å². The molecule has 6 nitrogen and oxygen atoms in total. The molecule has 0 atom stereocenters. The molecule has 0 bridgehead atoms. The van der Waals surface area contributed by atoms with Crippen LogP contribution in [0.4, 0.5) is 0 Å². The number of esters is 1. The minimum absolute atomic E-state index is 0.00579. The first-order valence-corrected chi connectivity index (χ1v) is 6.17. The van der Waals surface area contributed by atoms with Gasteiger partial charge < -0.3 is 15.2 Å². The summed E-state index contributed by atoms with van der Waals surface area (Å²) in [6, 6.07) is 6.75.